The highest BCUT2D eigenvalue weighted by Gasteiger charge is 2.17. The summed E-state index contributed by atoms with van der Waals surface area (Å²) in [4.78, 5) is 29.8. The quantitative estimate of drug-likeness (QED) is 0.140. The van der Waals surface area contributed by atoms with Crippen LogP contribution in [0, 0.1) is 6.92 Å². The molecule has 0 aliphatic rings. The van der Waals surface area contributed by atoms with Crippen molar-refractivity contribution in [3.63, 3.8) is 0 Å². The molecule has 2 aromatic carbocycles. The fourth-order valence-electron chi connectivity index (χ4n) is 3.89. The van der Waals surface area contributed by atoms with Gasteiger partial charge in [-0.3, -0.25) is 14.6 Å². The van der Waals surface area contributed by atoms with Crippen LogP contribution in [0.15, 0.2) is 65.8 Å². The number of carboxylic acid groups (broad SMARTS) is 1. The molecule has 3 rings (SSSR count). The summed E-state index contributed by atoms with van der Waals surface area (Å²) >= 11 is 0. The fourth-order valence-corrected chi connectivity index (χ4v) is 3.89. The van der Waals surface area contributed by atoms with E-state index in [0.717, 1.165) is 46.5 Å². The first-order chi connectivity index (χ1) is 17.3. The van der Waals surface area contributed by atoms with Crippen molar-refractivity contribution in [3.8, 4) is 22.4 Å². The number of hydrazone groups is 1. The minimum absolute atomic E-state index is 0.165. The first kappa shape index (κ1) is 26.4. The molecule has 36 heavy (non-hydrogen) atoms. The fraction of sp³-hybridized carbons (Fsp3) is 0.259. The van der Waals surface area contributed by atoms with E-state index in [4.69, 9.17) is 11.6 Å². The number of rotatable bonds is 11. The van der Waals surface area contributed by atoms with Gasteiger partial charge in [-0.15, -0.1) is 5.10 Å². The Morgan fingerprint density at radius 2 is 1.81 bits per heavy atom. The molecule has 1 heterocycles. The average Bonchev–Trinajstić information content (AvgIpc) is 2.87. The molecule has 3 aromatic rings. The Bertz CT molecular complexity index is 1240. The number of unbranched alkanes of at least 4 members (excludes halogenated alkanes) is 1. The van der Waals surface area contributed by atoms with Crippen LogP contribution in [0.25, 0.3) is 22.4 Å². The highest BCUT2D eigenvalue weighted by molar-refractivity contribution is 6.04. The van der Waals surface area contributed by atoms with Crippen molar-refractivity contribution in [3.05, 3.63) is 77.5 Å². The molecule has 0 aliphatic carbocycles. The number of carbonyl (C=O) groups excluding carboxylic acids is 1. The Morgan fingerprint density at radius 3 is 2.44 bits per heavy atom. The molecule has 0 aliphatic heterocycles. The Labute approximate surface area is 210 Å². The molecule has 9 nitrogen and oxygen atoms in total. The van der Waals surface area contributed by atoms with E-state index in [1.165, 1.54) is 4.90 Å². The Morgan fingerprint density at radius 1 is 1.08 bits per heavy atom. The molecule has 0 saturated carbocycles. The number of amidine groups is 1. The number of amides is 1. The molecule has 0 spiro atoms. The lowest BCUT2D eigenvalue weighted by molar-refractivity contribution is -0.144. The van der Waals surface area contributed by atoms with Gasteiger partial charge in [0, 0.05) is 29.8 Å². The average molecular weight is 489 g/mol. The number of benzene rings is 2. The molecule has 0 atom stereocenters. The third kappa shape index (κ3) is 6.89. The number of nitrogens with two attached hydrogens (primary N) is 2. The summed E-state index contributed by atoms with van der Waals surface area (Å²) in [5, 5.41) is 13.2. The second-order valence-corrected chi connectivity index (χ2v) is 8.49. The maximum Gasteiger partial charge on any atom is 0.323 e. The van der Waals surface area contributed by atoms with Crippen LogP contribution in [0.1, 0.15) is 43.0 Å². The van der Waals surface area contributed by atoms with Gasteiger partial charge in [-0.1, -0.05) is 49.7 Å². The predicted octanol–water partition coefficient (Wildman–Crippen LogP) is 3.41. The molecule has 1 aromatic heterocycles. The molecule has 0 saturated heterocycles. The van der Waals surface area contributed by atoms with E-state index >= 15 is 0 Å². The first-order valence-electron chi connectivity index (χ1n) is 11.8. The summed E-state index contributed by atoms with van der Waals surface area (Å²) in [7, 11) is 0. The van der Waals surface area contributed by atoms with Gasteiger partial charge in [0.2, 0.25) is 5.91 Å². The van der Waals surface area contributed by atoms with E-state index in [1.54, 1.807) is 0 Å². The Kier molecular flexibility index (Phi) is 9.13. The van der Waals surface area contributed by atoms with E-state index in [2.05, 4.69) is 15.6 Å². The minimum Gasteiger partial charge on any atom is -0.480 e. The second-order valence-electron chi connectivity index (χ2n) is 8.49. The van der Waals surface area contributed by atoms with E-state index in [9.17, 15) is 14.7 Å². The lowest BCUT2D eigenvalue weighted by Gasteiger charge is -2.21. The van der Waals surface area contributed by atoms with Crippen LogP contribution in [0.3, 0.4) is 0 Å². The number of nitrogens with zero attached hydrogens (tertiary/aromatic N) is 3. The normalized spacial score (nSPS) is 11.2. The lowest BCUT2D eigenvalue weighted by atomic mass is 9.94. The summed E-state index contributed by atoms with van der Waals surface area (Å²) < 4.78 is 0. The molecular weight excluding hydrogens is 456 g/mol. The maximum atomic E-state index is 12.5. The van der Waals surface area contributed by atoms with Gasteiger partial charge in [0.05, 0.1) is 5.69 Å². The third-order valence-electron chi connectivity index (χ3n) is 5.73. The van der Waals surface area contributed by atoms with Gasteiger partial charge in [-0.25, -0.2) is 11.4 Å². The highest BCUT2D eigenvalue weighted by atomic mass is 16.4. The number of carboxylic acids is 1. The zero-order valence-corrected chi connectivity index (χ0v) is 20.6. The van der Waals surface area contributed by atoms with E-state index in [1.807, 2.05) is 74.5 Å². The number of hydrogen-bond acceptors (Lipinski definition) is 6. The molecule has 0 radical (unpaired) electrons. The molecule has 0 bridgehead atoms. The summed E-state index contributed by atoms with van der Waals surface area (Å²) in [6.07, 6.45) is 1.93. The van der Waals surface area contributed by atoms with Crippen molar-refractivity contribution in [1.82, 2.24) is 15.4 Å². The van der Waals surface area contributed by atoms with Gasteiger partial charge < -0.3 is 15.7 Å². The molecule has 0 unspecified atom stereocenters. The van der Waals surface area contributed by atoms with Crippen LogP contribution in [0.2, 0.25) is 0 Å². The van der Waals surface area contributed by atoms with Crippen LogP contribution < -0.4 is 17.1 Å². The number of pyridine rings is 1. The van der Waals surface area contributed by atoms with E-state index < -0.39 is 5.97 Å². The van der Waals surface area contributed by atoms with Crippen molar-refractivity contribution < 1.29 is 14.7 Å². The summed E-state index contributed by atoms with van der Waals surface area (Å²) in [5.41, 5.74) is 14.3. The Balaban J connectivity index is 1.95. The van der Waals surface area contributed by atoms with Gasteiger partial charge in [-0.2, -0.15) is 0 Å². The number of hydrazine groups is 1. The van der Waals surface area contributed by atoms with E-state index in [-0.39, 0.29) is 24.8 Å². The van der Waals surface area contributed by atoms with Gasteiger partial charge in [-0.05, 0) is 54.3 Å². The van der Waals surface area contributed by atoms with Crippen LogP contribution in [-0.2, 0) is 16.1 Å². The number of aryl methyl sites for hydroxylation is 1. The van der Waals surface area contributed by atoms with Crippen molar-refractivity contribution >= 4 is 17.7 Å². The number of carbonyl (C=O) groups is 2. The zero-order chi connectivity index (χ0) is 26.1. The molecule has 1 amide bonds. The van der Waals surface area contributed by atoms with Gasteiger partial charge >= 0.3 is 5.97 Å². The van der Waals surface area contributed by atoms with Crippen molar-refractivity contribution in [2.75, 3.05) is 6.54 Å². The zero-order valence-electron chi connectivity index (χ0n) is 20.6. The van der Waals surface area contributed by atoms with Crippen LogP contribution in [0.4, 0.5) is 0 Å². The molecule has 9 heteroatoms. The number of aliphatic carboxylic acids is 1. The highest BCUT2D eigenvalue weighted by Crippen LogP contribution is 2.30. The SMILES string of the molecule is CCCCC(=O)N(CC(=O)O)Cc1ccc(-c2cc(-c3cccc(C)n3)ccc2/C(N)=N/NN)cc1. The monoisotopic (exact) mass is 488 g/mol. The largest absolute Gasteiger partial charge is 0.480 e. The van der Waals surface area contributed by atoms with E-state index in [0.29, 0.717) is 12.0 Å². The van der Waals surface area contributed by atoms with Gasteiger partial charge in [0.15, 0.2) is 5.84 Å². The Hall–Kier alpha value is -4.24. The van der Waals surface area contributed by atoms with Crippen molar-refractivity contribution in [1.29, 1.82) is 0 Å². The van der Waals surface area contributed by atoms with Gasteiger partial charge in [0.1, 0.15) is 6.54 Å². The van der Waals surface area contributed by atoms with Crippen LogP contribution >= 0.6 is 0 Å². The smallest absolute Gasteiger partial charge is 0.323 e. The maximum absolute atomic E-state index is 12.5. The third-order valence-corrected chi connectivity index (χ3v) is 5.73. The number of hydrogen-bond donors (Lipinski definition) is 4. The summed E-state index contributed by atoms with van der Waals surface area (Å²) in [5.74, 6) is 4.38. The summed E-state index contributed by atoms with van der Waals surface area (Å²) in [6.45, 7) is 3.82. The first-order valence-corrected chi connectivity index (χ1v) is 11.8. The standard InChI is InChI=1S/C27H32N6O3/c1-3-4-8-25(34)33(17-26(35)36)16-19-9-11-20(12-10-19)23-15-21(24-7-5-6-18(2)30-24)13-14-22(23)27(28)31-32-29/h5-7,9-15,32H,3-4,8,16-17,29H2,1-2H3,(H2,28,31)(H,35,36). The van der Waals surface area contributed by atoms with Crippen LogP contribution in [-0.4, -0.2) is 39.2 Å². The van der Waals surface area contributed by atoms with Crippen molar-refractivity contribution in [2.24, 2.45) is 16.7 Å². The second kappa shape index (κ2) is 12.5. The molecule has 6 N–H and O–H groups in total. The molecule has 0 fully saturated rings. The topological polar surface area (TPSA) is 147 Å². The van der Waals surface area contributed by atoms with Gasteiger partial charge in [0.25, 0.3) is 0 Å². The minimum atomic E-state index is -1.04. The van der Waals surface area contributed by atoms with Crippen LogP contribution in [0.5, 0.6) is 0 Å². The number of nitrogens with one attached hydrogen (secondary N) is 1. The molecule has 188 valence electrons. The predicted molar refractivity (Wildman–Crippen MR) is 140 cm³/mol. The summed E-state index contributed by atoms with van der Waals surface area (Å²) in [6, 6.07) is 19.2. The van der Waals surface area contributed by atoms with Crippen molar-refractivity contribution in [2.45, 2.75) is 39.7 Å². The lowest BCUT2D eigenvalue weighted by Crippen LogP contribution is -2.35. The molecular formula is C27H32N6O3. The number of aromatic nitrogens is 1.